The molecule has 2 aromatic rings. The lowest BCUT2D eigenvalue weighted by atomic mass is 10.1. The molecular weight excluding hydrogens is 276 g/mol. The van der Waals surface area contributed by atoms with Crippen LogP contribution in [0.4, 0.5) is 5.69 Å². The van der Waals surface area contributed by atoms with Crippen molar-refractivity contribution in [1.82, 2.24) is 4.72 Å². The molecule has 6 heteroatoms. The van der Waals surface area contributed by atoms with Crippen LogP contribution in [-0.2, 0) is 23.4 Å². The summed E-state index contributed by atoms with van der Waals surface area (Å²) < 4.78 is 33.3. The molecular formula is C14H14N2O3S. The fourth-order valence-corrected chi connectivity index (χ4v) is 2.91. The van der Waals surface area contributed by atoms with Crippen LogP contribution in [0.5, 0.6) is 5.75 Å². The van der Waals surface area contributed by atoms with Gasteiger partial charge in [0, 0.05) is 6.54 Å². The highest BCUT2D eigenvalue weighted by Crippen LogP contribution is 2.26. The van der Waals surface area contributed by atoms with Crippen LogP contribution in [0.3, 0.4) is 0 Å². The number of rotatable bonds is 3. The quantitative estimate of drug-likeness (QED) is 0.909. The molecule has 1 heterocycles. The van der Waals surface area contributed by atoms with Gasteiger partial charge in [0.15, 0.2) is 0 Å². The lowest BCUT2D eigenvalue weighted by molar-refractivity contribution is 0.306. The van der Waals surface area contributed by atoms with Crippen LogP contribution in [0.2, 0.25) is 0 Å². The van der Waals surface area contributed by atoms with E-state index in [1.54, 1.807) is 12.1 Å². The minimum atomic E-state index is -3.41. The number of nitrogens with one attached hydrogen (secondary N) is 2. The topological polar surface area (TPSA) is 67.4 Å². The summed E-state index contributed by atoms with van der Waals surface area (Å²) in [6.07, 6.45) is 0. The Hall–Kier alpha value is -2.05. The lowest BCUT2D eigenvalue weighted by Gasteiger charge is -2.19. The zero-order chi connectivity index (χ0) is 14.0. The van der Waals surface area contributed by atoms with Gasteiger partial charge in [0.2, 0.25) is 0 Å². The molecule has 104 valence electrons. The first-order chi connectivity index (χ1) is 9.62. The molecule has 1 aliphatic rings. The molecule has 0 unspecified atom stereocenters. The largest absolute Gasteiger partial charge is 0.489 e. The summed E-state index contributed by atoms with van der Waals surface area (Å²) in [6, 6.07) is 15.2. The van der Waals surface area contributed by atoms with E-state index in [9.17, 15) is 8.42 Å². The van der Waals surface area contributed by atoms with Crippen LogP contribution in [0.1, 0.15) is 11.1 Å². The highest BCUT2D eigenvalue weighted by Gasteiger charge is 2.19. The average Bonchev–Trinajstić information content (AvgIpc) is 2.45. The summed E-state index contributed by atoms with van der Waals surface area (Å²) >= 11 is 0. The van der Waals surface area contributed by atoms with Gasteiger partial charge in [-0.2, -0.15) is 13.1 Å². The van der Waals surface area contributed by atoms with Crippen molar-refractivity contribution in [3.8, 4) is 5.75 Å². The second-order valence-corrected chi connectivity index (χ2v) is 6.02. The molecule has 0 spiro atoms. The van der Waals surface area contributed by atoms with E-state index in [0.717, 1.165) is 16.9 Å². The van der Waals surface area contributed by atoms with Crippen molar-refractivity contribution in [1.29, 1.82) is 0 Å². The maximum absolute atomic E-state index is 11.4. The zero-order valence-electron chi connectivity index (χ0n) is 10.7. The molecule has 3 rings (SSSR count). The Morgan fingerprint density at radius 3 is 2.70 bits per heavy atom. The molecule has 0 aromatic heterocycles. The molecule has 0 radical (unpaired) electrons. The number of benzene rings is 2. The lowest BCUT2D eigenvalue weighted by Crippen LogP contribution is -2.34. The van der Waals surface area contributed by atoms with Gasteiger partial charge in [-0.15, -0.1) is 0 Å². The molecule has 0 amide bonds. The Balaban J connectivity index is 1.73. The summed E-state index contributed by atoms with van der Waals surface area (Å²) in [5.41, 5.74) is 2.55. The van der Waals surface area contributed by atoms with Gasteiger partial charge in [-0.1, -0.05) is 30.3 Å². The first-order valence-corrected chi connectivity index (χ1v) is 7.68. The average molecular weight is 290 g/mol. The molecule has 2 N–H and O–H groups in total. The van der Waals surface area contributed by atoms with E-state index in [0.29, 0.717) is 12.3 Å². The predicted octanol–water partition coefficient (Wildman–Crippen LogP) is 2.03. The van der Waals surface area contributed by atoms with E-state index in [2.05, 4.69) is 9.44 Å². The second-order valence-electron chi connectivity index (χ2n) is 4.52. The molecule has 20 heavy (non-hydrogen) atoms. The van der Waals surface area contributed by atoms with Gasteiger partial charge in [-0.05, 0) is 29.3 Å². The van der Waals surface area contributed by atoms with E-state index in [1.807, 2.05) is 36.4 Å². The van der Waals surface area contributed by atoms with Crippen molar-refractivity contribution in [2.24, 2.45) is 0 Å². The van der Waals surface area contributed by atoms with Gasteiger partial charge in [0.05, 0.1) is 5.69 Å². The Bertz CT molecular complexity index is 714. The predicted molar refractivity (Wildman–Crippen MR) is 76.6 cm³/mol. The fraction of sp³-hybridized carbons (Fsp3) is 0.143. The molecule has 0 fully saturated rings. The van der Waals surface area contributed by atoms with Crippen molar-refractivity contribution in [3.63, 3.8) is 0 Å². The summed E-state index contributed by atoms with van der Waals surface area (Å²) in [5.74, 6) is 0.718. The summed E-state index contributed by atoms with van der Waals surface area (Å²) in [7, 11) is -3.41. The molecule has 5 nitrogen and oxygen atoms in total. The van der Waals surface area contributed by atoms with Crippen LogP contribution < -0.4 is 14.2 Å². The van der Waals surface area contributed by atoms with Crippen molar-refractivity contribution >= 4 is 15.9 Å². The number of hydrogen-bond acceptors (Lipinski definition) is 3. The first-order valence-electron chi connectivity index (χ1n) is 6.19. The van der Waals surface area contributed by atoms with Crippen LogP contribution in [0.25, 0.3) is 0 Å². The maximum Gasteiger partial charge on any atom is 0.299 e. The maximum atomic E-state index is 11.4. The van der Waals surface area contributed by atoms with Gasteiger partial charge in [-0.25, -0.2) is 0 Å². The third-order valence-corrected chi connectivity index (χ3v) is 4.04. The number of hydrogen-bond donors (Lipinski definition) is 2. The van der Waals surface area contributed by atoms with Crippen LogP contribution in [0, 0.1) is 0 Å². The highest BCUT2D eigenvalue weighted by molar-refractivity contribution is 7.90. The van der Waals surface area contributed by atoms with E-state index < -0.39 is 10.2 Å². The number of ether oxygens (including phenoxy) is 1. The fourth-order valence-electron chi connectivity index (χ4n) is 2.00. The Labute approximate surface area is 117 Å². The van der Waals surface area contributed by atoms with Gasteiger partial charge in [0.25, 0.3) is 10.2 Å². The minimum Gasteiger partial charge on any atom is -0.489 e. The zero-order valence-corrected chi connectivity index (χ0v) is 11.5. The van der Waals surface area contributed by atoms with E-state index >= 15 is 0 Å². The Kier molecular flexibility index (Phi) is 3.33. The third kappa shape index (κ3) is 2.92. The SMILES string of the molecule is O=S1(=O)NCc2cc(OCc3ccccc3)ccc2N1. The summed E-state index contributed by atoms with van der Waals surface area (Å²) in [4.78, 5) is 0. The number of fused-ring (bicyclic) bond motifs is 1. The Morgan fingerprint density at radius 2 is 1.90 bits per heavy atom. The van der Waals surface area contributed by atoms with Gasteiger partial charge in [-0.3, -0.25) is 4.72 Å². The molecule has 1 aliphatic heterocycles. The smallest absolute Gasteiger partial charge is 0.299 e. The molecule has 0 saturated heterocycles. The summed E-state index contributed by atoms with van der Waals surface area (Å²) in [6.45, 7) is 0.756. The first kappa shape index (κ1) is 13.0. The third-order valence-electron chi connectivity index (χ3n) is 3.02. The van der Waals surface area contributed by atoms with E-state index in [1.165, 1.54) is 0 Å². The second kappa shape index (κ2) is 5.15. The molecule has 0 aliphatic carbocycles. The standard InChI is InChI=1S/C14H14N2O3S/c17-20(18)15-9-12-8-13(6-7-14(12)16-20)19-10-11-4-2-1-3-5-11/h1-8,15-16H,9-10H2. The van der Waals surface area contributed by atoms with Crippen molar-refractivity contribution in [2.45, 2.75) is 13.2 Å². The summed E-state index contributed by atoms with van der Waals surface area (Å²) in [5, 5.41) is 0. The van der Waals surface area contributed by atoms with E-state index in [4.69, 9.17) is 4.74 Å². The van der Waals surface area contributed by atoms with Gasteiger partial charge >= 0.3 is 0 Å². The normalized spacial score (nSPS) is 16.0. The van der Waals surface area contributed by atoms with Crippen LogP contribution in [-0.4, -0.2) is 8.42 Å². The van der Waals surface area contributed by atoms with Crippen molar-refractivity contribution in [3.05, 3.63) is 59.7 Å². The minimum absolute atomic E-state index is 0.271. The van der Waals surface area contributed by atoms with E-state index in [-0.39, 0.29) is 6.54 Å². The monoisotopic (exact) mass is 290 g/mol. The molecule has 0 saturated carbocycles. The van der Waals surface area contributed by atoms with Gasteiger partial charge in [0.1, 0.15) is 12.4 Å². The van der Waals surface area contributed by atoms with Crippen LogP contribution >= 0.6 is 0 Å². The van der Waals surface area contributed by atoms with Crippen molar-refractivity contribution < 1.29 is 13.2 Å². The highest BCUT2D eigenvalue weighted by atomic mass is 32.2. The molecule has 0 atom stereocenters. The molecule has 0 bridgehead atoms. The van der Waals surface area contributed by atoms with Crippen molar-refractivity contribution in [2.75, 3.05) is 4.72 Å². The van der Waals surface area contributed by atoms with Crippen LogP contribution in [0.15, 0.2) is 48.5 Å². The number of anilines is 1. The molecule has 2 aromatic carbocycles. The van der Waals surface area contributed by atoms with Gasteiger partial charge < -0.3 is 4.74 Å². The Morgan fingerprint density at radius 1 is 1.10 bits per heavy atom.